The molecule has 1 aliphatic rings. The van der Waals surface area contributed by atoms with Crippen molar-refractivity contribution in [2.45, 2.75) is 31.1 Å². The number of pyridine rings is 1. The van der Waals surface area contributed by atoms with Crippen LogP contribution in [-0.4, -0.2) is 27.9 Å². The average molecular weight is 240 g/mol. The van der Waals surface area contributed by atoms with Gasteiger partial charge < -0.3 is 5.73 Å². The highest BCUT2D eigenvalue weighted by molar-refractivity contribution is 8.00. The van der Waals surface area contributed by atoms with E-state index in [1.807, 2.05) is 50.3 Å². The van der Waals surface area contributed by atoms with Crippen LogP contribution in [-0.2, 0) is 6.42 Å². The van der Waals surface area contributed by atoms with Crippen molar-refractivity contribution < 1.29 is 0 Å². The van der Waals surface area contributed by atoms with Gasteiger partial charge in [0, 0.05) is 25.4 Å². The van der Waals surface area contributed by atoms with Gasteiger partial charge in [-0.15, -0.1) is 11.8 Å². The Morgan fingerprint density at radius 3 is 2.75 bits per heavy atom. The normalized spacial score (nSPS) is 25.0. The topological polar surface area (TPSA) is 54.2 Å². The number of hydrazine groups is 1. The zero-order chi connectivity index (χ0) is 12.0. The molecule has 1 aromatic rings. The average Bonchev–Trinajstić information content (AvgIpc) is 2.62. The number of hydrogen-bond donors (Lipinski definition) is 2. The molecule has 2 unspecified atom stereocenters. The molecular weight excluding hydrogens is 220 g/mol. The fourth-order valence-electron chi connectivity index (χ4n) is 1.46. The van der Waals surface area contributed by atoms with Gasteiger partial charge in [-0.2, -0.15) is 0 Å². The molecule has 3 N–H and O–H groups in total. The van der Waals surface area contributed by atoms with Crippen LogP contribution in [0.5, 0.6) is 0 Å². The molecule has 2 heterocycles. The first-order valence-electron chi connectivity index (χ1n) is 5.55. The molecule has 1 aliphatic heterocycles. The minimum absolute atomic E-state index is 0.00807. The summed E-state index contributed by atoms with van der Waals surface area (Å²) in [7, 11) is 2.01. The lowest BCUT2D eigenvalue weighted by Crippen LogP contribution is -2.39. The van der Waals surface area contributed by atoms with E-state index in [9.17, 15) is 0 Å². The van der Waals surface area contributed by atoms with Crippen LogP contribution in [0.1, 0.15) is 19.5 Å². The van der Waals surface area contributed by atoms with Crippen LogP contribution in [0.2, 0.25) is 0 Å². The Bertz CT molecular complexity index is 293. The lowest BCUT2D eigenvalue weighted by Gasteiger charge is -2.16. The Morgan fingerprint density at radius 2 is 2.25 bits per heavy atom. The Hall–Kier alpha value is -0.620. The van der Waals surface area contributed by atoms with Crippen LogP contribution in [0.3, 0.4) is 0 Å². The first kappa shape index (κ1) is 13.4. The molecule has 90 valence electrons. The Balaban J connectivity index is 0.000000606. The van der Waals surface area contributed by atoms with Crippen molar-refractivity contribution in [3.8, 4) is 0 Å². The number of likely N-dealkylation sites (N-methyl/N-ethyl adjacent to an activating group) is 1. The first-order valence-corrected chi connectivity index (χ1v) is 6.50. The first-order chi connectivity index (χ1) is 7.75. The van der Waals surface area contributed by atoms with E-state index in [0.29, 0.717) is 5.37 Å². The summed E-state index contributed by atoms with van der Waals surface area (Å²) in [5.41, 5.74) is 10.0. The minimum Gasteiger partial charge on any atom is -0.306 e. The molecule has 2 atom stereocenters. The Labute approximate surface area is 102 Å². The summed E-state index contributed by atoms with van der Waals surface area (Å²) < 4.78 is 0. The summed E-state index contributed by atoms with van der Waals surface area (Å²) in [6.07, 6.45) is 2.74. The van der Waals surface area contributed by atoms with E-state index in [4.69, 9.17) is 5.73 Å². The molecule has 1 aromatic heterocycles. The van der Waals surface area contributed by atoms with Crippen LogP contribution in [0, 0.1) is 0 Å². The molecule has 2 rings (SSSR count). The molecular formula is C11H20N4S. The molecule has 4 nitrogen and oxygen atoms in total. The molecule has 0 aliphatic carbocycles. The fraction of sp³-hybridized carbons (Fsp3) is 0.545. The maximum Gasteiger partial charge on any atom is 0.117 e. The SMILES string of the molecule is CC.CN1NC(N)SC1Cc1ccccn1. The van der Waals surface area contributed by atoms with Gasteiger partial charge in [0.15, 0.2) is 0 Å². The molecule has 5 heteroatoms. The van der Waals surface area contributed by atoms with E-state index in [-0.39, 0.29) is 5.50 Å². The fourth-order valence-corrected chi connectivity index (χ4v) is 2.53. The zero-order valence-corrected chi connectivity index (χ0v) is 10.9. The Kier molecular flexibility index (Phi) is 5.76. The van der Waals surface area contributed by atoms with Crippen LogP contribution in [0.15, 0.2) is 24.4 Å². The highest BCUT2D eigenvalue weighted by Gasteiger charge is 2.27. The number of nitrogens with one attached hydrogen (secondary N) is 1. The van der Waals surface area contributed by atoms with Gasteiger partial charge in [-0.1, -0.05) is 19.9 Å². The quantitative estimate of drug-likeness (QED) is 0.818. The maximum absolute atomic E-state index is 5.76. The molecule has 0 saturated carbocycles. The number of thioether (sulfide) groups is 1. The van der Waals surface area contributed by atoms with E-state index in [1.54, 1.807) is 11.8 Å². The van der Waals surface area contributed by atoms with Crippen LogP contribution < -0.4 is 11.2 Å². The van der Waals surface area contributed by atoms with Gasteiger partial charge in [-0.25, -0.2) is 10.4 Å². The summed E-state index contributed by atoms with van der Waals surface area (Å²) in [6, 6.07) is 5.98. The molecule has 1 saturated heterocycles. The largest absolute Gasteiger partial charge is 0.306 e. The second-order valence-corrected chi connectivity index (χ2v) is 4.60. The Morgan fingerprint density at radius 1 is 1.50 bits per heavy atom. The van der Waals surface area contributed by atoms with E-state index in [2.05, 4.69) is 10.4 Å². The number of rotatable bonds is 2. The molecule has 0 bridgehead atoms. The summed E-state index contributed by atoms with van der Waals surface area (Å²) in [4.78, 5) is 4.29. The highest BCUT2D eigenvalue weighted by Crippen LogP contribution is 2.24. The third-order valence-corrected chi connectivity index (χ3v) is 3.37. The predicted octanol–water partition coefficient (Wildman–Crippen LogP) is 1.40. The molecule has 0 radical (unpaired) electrons. The third-order valence-electron chi connectivity index (χ3n) is 2.18. The van der Waals surface area contributed by atoms with E-state index >= 15 is 0 Å². The molecule has 16 heavy (non-hydrogen) atoms. The number of nitrogens with zero attached hydrogens (tertiary/aromatic N) is 2. The van der Waals surface area contributed by atoms with Gasteiger partial charge in [-0.05, 0) is 12.1 Å². The van der Waals surface area contributed by atoms with E-state index in [1.165, 1.54) is 0 Å². The van der Waals surface area contributed by atoms with Gasteiger partial charge in [0.2, 0.25) is 0 Å². The highest BCUT2D eigenvalue weighted by atomic mass is 32.2. The van der Waals surface area contributed by atoms with Crippen molar-refractivity contribution in [2.75, 3.05) is 7.05 Å². The molecule has 0 amide bonds. The molecule has 0 aromatic carbocycles. The van der Waals surface area contributed by atoms with Crippen molar-refractivity contribution >= 4 is 11.8 Å². The van der Waals surface area contributed by atoms with Crippen molar-refractivity contribution in [3.05, 3.63) is 30.1 Å². The van der Waals surface area contributed by atoms with Crippen molar-refractivity contribution in [2.24, 2.45) is 5.73 Å². The second kappa shape index (κ2) is 6.85. The smallest absolute Gasteiger partial charge is 0.117 e. The minimum atomic E-state index is 0.00807. The van der Waals surface area contributed by atoms with Crippen LogP contribution in [0.25, 0.3) is 0 Å². The van der Waals surface area contributed by atoms with Crippen molar-refractivity contribution in [3.63, 3.8) is 0 Å². The van der Waals surface area contributed by atoms with E-state index < -0.39 is 0 Å². The summed E-state index contributed by atoms with van der Waals surface area (Å²) in [6.45, 7) is 4.00. The lowest BCUT2D eigenvalue weighted by molar-refractivity contribution is 0.235. The maximum atomic E-state index is 5.76. The standard InChI is InChI=1S/C9H14N4S.C2H6/c1-13-8(14-9(10)12-13)6-7-4-2-3-5-11-7;1-2/h2-5,8-9,12H,6,10H2,1H3;1-2H3. The summed E-state index contributed by atoms with van der Waals surface area (Å²) in [5.74, 6) is 0. The second-order valence-electron chi connectivity index (χ2n) is 3.28. The van der Waals surface area contributed by atoms with Gasteiger partial charge in [0.1, 0.15) is 5.50 Å². The predicted molar refractivity (Wildman–Crippen MR) is 69.5 cm³/mol. The number of aromatic nitrogens is 1. The van der Waals surface area contributed by atoms with Gasteiger partial charge in [0.25, 0.3) is 0 Å². The molecule has 1 fully saturated rings. The van der Waals surface area contributed by atoms with Crippen molar-refractivity contribution in [1.82, 2.24) is 15.4 Å². The number of nitrogens with two attached hydrogens (primary N) is 1. The van der Waals surface area contributed by atoms with Gasteiger partial charge in [-0.3, -0.25) is 4.98 Å². The lowest BCUT2D eigenvalue weighted by atomic mass is 10.3. The van der Waals surface area contributed by atoms with Crippen LogP contribution in [0.4, 0.5) is 0 Å². The number of hydrogen-bond acceptors (Lipinski definition) is 5. The summed E-state index contributed by atoms with van der Waals surface area (Å²) in [5, 5.41) is 2.42. The third kappa shape index (κ3) is 3.75. The summed E-state index contributed by atoms with van der Waals surface area (Å²) >= 11 is 1.72. The zero-order valence-electron chi connectivity index (χ0n) is 10.1. The van der Waals surface area contributed by atoms with Crippen LogP contribution >= 0.6 is 11.8 Å². The monoisotopic (exact) mass is 240 g/mol. The van der Waals surface area contributed by atoms with Gasteiger partial charge in [0.05, 0.1) is 5.37 Å². The van der Waals surface area contributed by atoms with E-state index in [0.717, 1.165) is 12.1 Å². The van der Waals surface area contributed by atoms with Gasteiger partial charge >= 0.3 is 0 Å². The van der Waals surface area contributed by atoms with Crippen molar-refractivity contribution in [1.29, 1.82) is 0 Å². The molecule has 0 spiro atoms.